The van der Waals surface area contributed by atoms with Gasteiger partial charge in [0.15, 0.2) is 6.10 Å². The van der Waals surface area contributed by atoms with Gasteiger partial charge in [-0.1, -0.05) is 131 Å². The average Bonchev–Trinajstić information content (AvgIpc) is 3.27. The standard InChI is InChI=1S/C47H78O17P2/c1-3-5-7-9-11-12-13-14-15-16-17-18-22-26-30-34-40(49)60-36-39(37-61-66(58,59)64-47-44(53)42(51)43(52)46(45(47)54)63-65(55,56)57)62-41(50)35-31-27-23-19-21-25-29-33-38(48)32-28-24-20-10-8-6-4-2/h5,7,11-12,14-15,19-20,23-25,28-29,32,38-39,42-48,51-54H,3-4,6,8-10,13,16-18,21-22,26-27,30-31,33-37H2,1-2H3,(H,58,59)(H2,55,56,57)/b7-5-,12-11-,15-14-,23-19+,24-20-,29-25-,32-28-/t38-,39+,42?,43?,44?,45?,46+,47-/m0/s1. The van der Waals surface area contributed by atoms with Gasteiger partial charge in [0.1, 0.15) is 43.2 Å². The highest BCUT2D eigenvalue weighted by molar-refractivity contribution is 7.47. The molecule has 5 unspecified atom stereocenters. The van der Waals surface area contributed by atoms with Crippen LogP contribution in [0.3, 0.4) is 0 Å². The summed E-state index contributed by atoms with van der Waals surface area (Å²) in [5.41, 5.74) is 0. The highest BCUT2D eigenvalue weighted by atomic mass is 31.2. The molecule has 8 N–H and O–H groups in total. The van der Waals surface area contributed by atoms with E-state index in [4.69, 9.17) is 28.3 Å². The summed E-state index contributed by atoms with van der Waals surface area (Å²) in [4.78, 5) is 54.2. The molecule has 0 aromatic heterocycles. The maximum absolute atomic E-state index is 13.0. The molecule has 1 saturated carbocycles. The molecule has 9 atom stereocenters. The fourth-order valence-corrected chi connectivity index (χ4v) is 7.94. The second-order valence-electron chi connectivity index (χ2n) is 15.9. The molecule has 1 aliphatic rings. The van der Waals surface area contributed by atoms with Crippen LogP contribution in [0.15, 0.2) is 85.1 Å². The predicted molar refractivity (Wildman–Crippen MR) is 251 cm³/mol. The maximum atomic E-state index is 13.0. The monoisotopic (exact) mass is 976 g/mol. The Morgan fingerprint density at radius 2 is 1.12 bits per heavy atom. The minimum Gasteiger partial charge on any atom is -0.462 e. The van der Waals surface area contributed by atoms with Gasteiger partial charge in [-0.25, -0.2) is 9.13 Å². The van der Waals surface area contributed by atoms with Gasteiger partial charge in [-0.05, 0) is 77.0 Å². The number of allylic oxidation sites excluding steroid dienone is 12. The van der Waals surface area contributed by atoms with Crippen molar-refractivity contribution in [3.05, 3.63) is 85.1 Å². The first-order valence-corrected chi connectivity index (χ1v) is 26.3. The Balaban J connectivity index is 2.69. The Bertz CT molecular complexity index is 1620. The molecule has 17 nitrogen and oxygen atoms in total. The van der Waals surface area contributed by atoms with Gasteiger partial charge >= 0.3 is 27.6 Å². The minimum atomic E-state index is -5.38. The third-order valence-corrected chi connectivity index (χ3v) is 11.5. The number of hydrogen-bond donors (Lipinski definition) is 8. The predicted octanol–water partition coefficient (Wildman–Crippen LogP) is 7.58. The van der Waals surface area contributed by atoms with E-state index >= 15 is 0 Å². The highest BCUT2D eigenvalue weighted by Crippen LogP contribution is 2.49. The minimum absolute atomic E-state index is 0.0717. The number of aliphatic hydroxyl groups is 5. The SMILES string of the molecule is CC/C=C\C/C=C\C/C=C\CCCCCCCC(=O)OC[C@H](COP(=O)(O)O[C@H]1C(O)C(O)C(O)[C@@H](OP(=O)(O)O)C1O)OC(=O)CCC/C=C/C/C=C\C[C@@H](O)/C=C\C=C/CCCCC. The summed E-state index contributed by atoms with van der Waals surface area (Å²) >= 11 is 0. The molecule has 19 heteroatoms. The van der Waals surface area contributed by atoms with Crippen molar-refractivity contribution in [2.75, 3.05) is 13.2 Å². The lowest BCUT2D eigenvalue weighted by Crippen LogP contribution is -2.64. The first-order valence-electron chi connectivity index (χ1n) is 23.2. The van der Waals surface area contributed by atoms with Crippen molar-refractivity contribution in [2.45, 2.75) is 185 Å². The van der Waals surface area contributed by atoms with Crippen LogP contribution in [0, 0.1) is 0 Å². The second-order valence-corrected chi connectivity index (χ2v) is 18.5. The zero-order valence-corrected chi connectivity index (χ0v) is 40.5. The number of aliphatic hydroxyl groups excluding tert-OH is 5. The summed E-state index contributed by atoms with van der Waals surface area (Å²) in [6.07, 6.45) is 27.1. The number of rotatable bonds is 37. The van der Waals surface area contributed by atoms with Gasteiger partial charge in [-0.15, -0.1) is 0 Å². The van der Waals surface area contributed by atoms with E-state index in [1.807, 2.05) is 36.5 Å². The molecule has 0 aromatic carbocycles. The highest BCUT2D eigenvalue weighted by Gasteiger charge is 2.54. The number of ether oxygens (including phenoxy) is 2. The molecule has 66 heavy (non-hydrogen) atoms. The molecule has 0 radical (unpaired) electrons. The molecule has 0 spiro atoms. The van der Waals surface area contributed by atoms with Crippen LogP contribution in [0.4, 0.5) is 0 Å². The topological polar surface area (TPSA) is 276 Å². The lowest BCUT2D eigenvalue weighted by atomic mass is 9.85. The first-order chi connectivity index (χ1) is 31.5. The van der Waals surface area contributed by atoms with Gasteiger partial charge in [-0.3, -0.25) is 23.2 Å². The molecule has 378 valence electrons. The molecular formula is C47H78O17P2. The third kappa shape index (κ3) is 31.2. The molecule has 0 aromatic rings. The van der Waals surface area contributed by atoms with Crippen LogP contribution < -0.4 is 0 Å². The van der Waals surface area contributed by atoms with Crippen LogP contribution in [0.2, 0.25) is 0 Å². The molecule has 1 fully saturated rings. The quantitative estimate of drug-likeness (QED) is 0.00979. The molecule has 1 rings (SSSR count). The Hall–Kier alpha value is -2.86. The van der Waals surface area contributed by atoms with Crippen molar-refractivity contribution in [1.82, 2.24) is 0 Å². The van der Waals surface area contributed by atoms with Gasteiger partial charge < -0.3 is 49.7 Å². The number of phosphoric acid groups is 2. The van der Waals surface area contributed by atoms with E-state index in [9.17, 15) is 49.1 Å². The summed E-state index contributed by atoms with van der Waals surface area (Å²) in [6, 6.07) is 0. The summed E-state index contributed by atoms with van der Waals surface area (Å²) in [5.74, 6) is -1.34. The van der Waals surface area contributed by atoms with E-state index in [0.29, 0.717) is 32.1 Å². The Morgan fingerprint density at radius 3 is 1.77 bits per heavy atom. The summed E-state index contributed by atoms with van der Waals surface area (Å²) < 4.78 is 49.2. The summed E-state index contributed by atoms with van der Waals surface area (Å²) in [7, 11) is -10.7. The van der Waals surface area contributed by atoms with Crippen molar-refractivity contribution in [3.63, 3.8) is 0 Å². The lowest BCUT2D eigenvalue weighted by Gasteiger charge is -2.43. The number of carbonyl (C=O) groups is 2. The molecular weight excluding hydrogens is 898 g/mol. The van der Waals surface area contributed by atoms with Gasteiger partial charge in [-0.2, -0.15) is 0 Å². The largest absolute Gasteiger partial charge is 0.472 e. The van der Waals surface area contributed by atoms with Gasteiger partial charge in [0.2, 0.25) is 0 Å². The average molecular weight is 977 g/mol. The normalized spacial score (nSPS) is 22.8. The van der Waals surface area contributed by atoms with Crippen LogP contribution in [0.5, 0.6) is 0 Å². The number of unbranched alkanes of at least 4 members (excludes halogenated alkanes) is 9. The van der Waals surface area contributed by atoms with E-state index in [1.165, 1.54) is 12.8 Å². The third-order valence-electron chi connectivity index (χ3n) is 10.0. The fourth-order valence-electron chi connectivity index (χ4n) is 6.41. The molecule has 0 heterocycles. The van der Waals surface area contributed by atoms with Crippen LogP contribution in [0.25, 0.3) is 0 Å². The van der Waals surface area contributed by atoms with E-state index in [-0.39, 0.29) is 12.8 Å². The number of phosphoric ester groups is 2. The lowest BCUT2D eigenvalue weighted by molar-refractivity contribution is -0.216. The van der Waals surface area contributed by atoms with Gasteiger partial charge in [0.25, 0.3) is 0 Å². The van der Waals surface area contributed by atoms with E-state index in [1.54, 1.807) is 6.08 Å². The van der Waals surface area contributed by atoms with Crippen LogP contribution in [-0.4, -0.2) is 114 Å². The van der Waals surface area contributed by atoms with Crippen LogP contribution in [0.1, 0.15) is 136 Å². The Labute approximate surface area is 391 Å². The Kier molecular flexibility index (Phi) is 34.4. The zero-order chi connectivity index (χ0) is 49.1. The first kappa shape index (κ1) is 61.2. The second kappa shape index (κ2) is 37.1. The molecule has 0 aliphatic heterocycles. The van der Waals surface area contributed by atoms with E-state index < -0.39 is 89.6 Å². The van der Waals surface area contributed by atoms with E-state index in [2.05, 4.69) is 60.9 Å². The smallest absolute Gasteiger partial charge is 0.462 e. The number of carbonyl (C=O) groups excluding carboxylic acids is 2. The fraction of sp³-hybridized carbons (Fsp3) is 0.660. The van der Waals surface area contributed by atoms with Crippen LogP contribution in [-0.2, 0) is 41.8 Å². The van der Waals surface area contributed by atoms with Crippen molar-refractivity contribution in [2.24, 2.45) is 0 Å². The maximum Gasteiger partial charge on any atom is 0.472 e. The molecule has 0 saturated heterocycles. The zero-order valence-electron chi connectivity index (χ0n) is 38.7. The summed E-state index contributed by atoms with van der Waals surface area (Å²) in [5, 5.41) is 51.3. The van der Waals surface area contributed by atoms with Crippen molar-refractivity contribution in [1.29, 1.82) is 0 Å². The molecule has 1 aliphatic carbocycles. The summed E-state index contributed by atoms with van der Waals surface area (Å²) in [6.45, 7) is 2.82. The Morgan fingerprint density at radius 1 is 0.576 bits per heavy atom. The molecule has 0 bridgehead atoms. The van der Waals surface area contributed by atoms with Gasteiger partial charge in [0.05, 0.1) is 12.7 Å². The molecule has 0 amide bonds. The van der Waals surface area contributed by atoms with Gasteiger partial charge in [0, 0.05) is 12.8 Å². The van der Waals surface area contributed by atoms with Crippen LogP contribution >= 0.6 is 15.6 Å². The van der Waals surface area contributed by atoms with Crippen molar-refractivity contribution >= 4 is 27.6 Å². The van der Waals surface area contributed by atoms with Crippen molar-refractivity contribution < 1.29 is 82.0 Å². The number of hydrogen-bond acceptors (Lipinski definition) is 14. The number of esters is 2. The van der Waals surface area contributed by atoms with E-state index in [0.717, 1.165) is 64.2 Å². The van der Waals surface area contributed by atoms with Crippen molar-refractivity contribution in [3.8, 4) is 0 Å².